The zero-order chi connectivity index (χ0) is 15.6. The standard InChI is InChI=1S/C12H11Cl2FN2O2S2/c13-8-5-9(15)10(16)6-11(8)21(18,19)17-4-3-7-1-2-12(14)20-7/h1-2,5-6,17H,3-4,16H2. The number of anilines is 1. The number of nitrogens with one attached hydrogen (secondary N) is 1. The Morgan fingerprint density at radius 3 is 2.62 bits per heavy atom. The van der Waals surface area contributed by atoms with Crippen LogP contribution >= 0.6 is 34.5 Å². The van der Waals surface area contributed by atoms with Gasteiger partial charge in [0.25, 0.3) is 0 Å². The number of hydrogen-bond donors (Lipinski definition) is 2. The Kier molecular flexibility index (Phi) is 5.11. The van der Waals surface area contributed by atoms with Crippen molar-refractivity contribution in [3.05, 3.63) is 44.3 Å². The Labute approximate surface area is 135 Å². The molecule has 4 nitrogen and oxygen atoms in total. The second-order valence-electron chi connectivity index (χ2n) is 4.16. The van der Waals surface area contributed by atoms with Gasteiger partial charge < -0.3 is 5.73 Å². The van der Waals surface area contributed by atoms with E-state index in [4.69, 9.17) is 28.9 Å². The van der Waals surface area contributed by atoms with Crippen molar-refractivity contribution >= 4 is 50.2 Å². The van der Waals surface area contributed by atoms with E-state index in [0.717, 1.165) is 17.0 Å². The zero-order valence-corrected chi connectivity index (χ0v) is 13.7. The van der Waals surface area contributed by atoms with Gasteiger partial charge in [-0.1, -0.05) is 23.2 Å². The van der Waals surface area contributed by atoms with Crippen molar-refractivity contribution in [3.8, 4) is 0 Å². The molecule has 0 bridgehead atoms. The van der Waals surface area contributed by atoms with Crippen LogP contribution in [0.4, 0.5) is 10.1 Å². The van der Waals surface area contributed by atoms with Crippen LogP contribution in [0.2, 0.25) is 9.36 Å². The van der Waals surface area contributed by atoms with Crippen LogP contribution in [0.1, 0.15) is 4.88 Å². The van der Waals surface area contributed by atoms with Gasteiger partial charge in [0.05, 0.1) is 15.0 Å². The average Bonchev–Trinajstić information content (AvgIpc) is 2.79. The SMILES string of the molecule is Nc1cc(S(=O)(=O)NCCc2ccc(Cl)s2)c(Cl)cc1F. The number of sulfonamides is 1. The van der Waals surface area contributed by atoms with Crippen LogP contribution in [-0.4, -0.2) is 15.0 Å². The van der Waals surface area contributed by atoms with Gasteiger partial charge >= 0.3 is 0 Å². The quantitative estimate of drug-likeness (QED) is 0.795. The predicted octanol–water partition coefficient (Wildman–Crippen LogP) is 3.30. The molecule has 1 aromatic heterocycles. The van der Waals surface area contributed by atoms with Crippen molar-refractivity contribution in [3.63, 3.8) is 0 Å². The highest BCUT2D eigenvalue weighted by molar-refractivity contribution is 7.89. The molecule has 2 aromatic rings. The number of nitrogens with two attached hydrogens (primary N) is 1. The van der Waals surface area contributed by atoms with Crippen LogP contribution in [0.5, 0.6) is 0 Å². The Bertz CT molecular complexity index is 763. The Morgan fingerprint density at radius 1 is 1.29 bits per heavy atom. The molecule has 0 saturated carbocycles. The molecule has 3 N–H and O–H groups in total. The first-order valence-corrected chi connectivity index (χ1v) is 8.83. The molecule has 0 aliphatic carbocycles. The summed E-state index contributed by atoms with van der Waals surface area (Å²) in [6.45, 7) is 0.173. The summed E-state index contributed by atoms with van der Waals surface area (Å²) < 4.78 is 40.5. The second-order valence-corrected chi connectivity index (χ2v) is 8.10. The van der Waals surface area contributed by atoms with Gasteiger partial charge in [0.1, 0.15) is 10.7 Å². The van der Waals surface area contributed by atoms with Crippen molar-refractivity contribution in [2.75, 3.05) is 12.3 Å². The van der Waals surface area contributed by atoms with Gasteiger partial charge in [0.15, 0.2) is 0 Å². The van der Waals surface area contributed by atoms with Gasteiger partial charge in [0, 0.05) is 11.4 Å². The van der Waals surface area contributed by atoms with E-state index >= 15 is 0 Å². The smallest absolute Gasteiger partial charge is 0.242 e. The average molecular weight is 369 g/mol. The van der Waals surface area contributed by atoms with E-state index in [1.807, 2.05) is 6.07 Å². The topological polar surface area (TPSA) is 72.2 Å². The van der Waals surface area contributed by atoms with Crippen molar-refractivity contribution < 1.29 is 12.8 Å². The van der Waals surface area contributed by atoms with Crippen LogP contribution in [0.25, 0.3) is 0 Å². The minimum atomic E-state index is -3.85. The van der Waals surface area contributed by atoms with Gasteiger partial charge in [-0.3, -0.25) is 0 Å². The molecule has 1 heterocycles. The molecule has 1 aromatic carbocycles. The maximum absolute atomic E-state index is 13.2. The molecule has 0 atom stereocenters. The summed E-state index contributed by atoms with van der Waals surface area (Å²) in [5.41, 5.74) is 5.10. The molecule has 9 heteroatoms. The maximum Gasteiger partial charge on any atom is 0.242 e. The monoisotopic (exact) mass is 368 g/mol. The molecule has 0 spiro atoms. The number of nitrogen functional groups attached to an aromatic ring is 1. The second kappa shape index (κ2) is 6.50. The molecule has 0 unspecified atom stereocenters. The fourth-order valence-corrected chi connectivity index (χ4v) is 4.29. The third-order valence-corrected chi connectivity index (χ3v) is 5.85. The Hall–Kier alpha value is -0.860. The lowest BCUT2D eigenvalue weighted by Gasteiger charge is -2.09. The fraction of sp³-hybridized carbons (Fsp3) is 0.167. The minimum absolute atomic E-state index is 0.173. The lowest BCUT2D eigenvalue weighted by molar-refractivity contribution is 0.581. The van der Waals surface area contributed by atoms with Crippen molar-refractivity contribution in [1.29, 1.82) is 0 Å². The van der Waals surface area contributed by atoms with E-state index in [-0.39, 0.29) is 22.2 Å². The van der Waals surface area contributed by atoms with E-state index in [2.05, 4.69) is 4.72 Å². The summed E-state index contributed by atoms with van der Waals surface area (Å²) >= 11 is 12.9. The van der Waals surface area contributed by atoms with Crippen molar-refractivity contribution in [2.24, 2.45) is 0 Å². The molecule has 114 valence electrons. The van der Waals surface area contributed by atoms with E-state index in [1.54, 1.807) is 6.07 Å². The summed E-state index contributed by atoms with van der Waals surface area (Å²) in [5, 5.41) is -0.214. The van der Waals surface area contributed by atoms with Gasteiger partial charge in [-0.25, -0.2) is 17.5 Å². The van der Waals surface area contributed by atoms with Gasteiger partial charge in [-0.2, -0.15) is 0 Å². The molecule has 21 heavy (non-hydrogen) atoms. The lowest BCUT2D eigenvalue weighted by Crippen LogP contribution is -2.26. The van der Waals surface area contributed by atoms with Crippen LogP contribution in [-0.2, 0) is 16.4 Å². The van der Waals surface area contributed by atoms with Gasteiger partial charge in [0.2, 0.25) is 10.0 Å². The number of rotatable bonds is 5. The van der Waals surface area contributed by atoms with Crippen molar-refractivity contribution in [1.82, 2.24) is 4.72 Å². The van der Waals surface area contributed by atoms with E-state index in [0.29, 0.717) is 10.8 Å². The molecule has 0 saturated heterocycles. The van der Waals surface area contributed by atoms with E-state index in [1.165, 1.54) is 11.3 Å². The van der Waals surface area contributed by atoms with Crippen molar-refractivity contribution in [2.45, 2.75) is 11.3 Å². The highest BCUT2D eigenvalue weighted by atomic mass is 35.5. The molecule has 0 amide bonds. The Morgan fingerprint density at radius 2 is 2.00 bits per heavy atom. The third kappa shape index (κ3) is 4.08. The molecular weight excluding hydrogens is 358 g/mol. The van der Waals surface area contributed by atoms with Crippen LogP contribution < -0.4 is 10.5 Å². The summed E-state index contributed by atoms with van der Waals surface area (Å²) in [4.78, 5) is 0.708. The zero-order valence-electron chi connectivity index (χ0n) is 10.6. The maximum atomic E-state index is 13.2. The molecule has 0 aliphatic heterocycles. The fourth-order valence-electron chi connectivity index (χ4n) is 1.62. The van der Waals surface area contributed by atoms with Gasteiger partial charge in [-0.05, 0) is 30.7 Å². The van der Waals surface area contributed by atoms with Crippen LogP contribution in [0.15, 0.2) is 29.2 Å². The first-order valence-electron chi connectivity index (χ1n) is 5.78. The van der Waals surface area contributed by atoms with E-state index in [9.17, 15) is 12.8 Å². The molecule has 0 aliphatic rings. The minimum Gasteiger partial charge on any atom is -0.396 e. The molecule has 0 fully saturated rings. The summed E-state index contributed by atoms with van der Waals surface area (Å²) in [5.74, 6) is -0.757. The first kappa shape index (κ1) is 16.5. The number of hydrogen-bond acceptors (Lipinski definition) is 4. The highest BCUT2D eigenvalue weighted by Crippen LogP contribution is 2.26. The first-order chi connectivity index (χ1) is 9.79. The number of thiophene rings is 1. The van der Waals surface area contributed by atoms with E-state index < -0.39 is 15.8 Å². The summed E-state index contributed by atoms with van der Waals surface area (Å²) in [6.07, 6.45) is 0.491. The summed E-state index contributed by atoms with van der Waals surface area (Å²) in [7, 11) is -3.85. The predicted molar refractivity (Wildman–Crippen MR) is 84.0 cm³/mol. The van der Waals surface area contributed by atoms with Crippen LogP contribution in [0.3, 0.4) is 0 Å². The third-order valence-electron chi connectivity index (χ3n) is 2.63. The highest BCUT2D eigenvalue weighted by Gasteiger charge is 2.19. The largest absolute Gasteiger partial charge is 0.396 e. The molecular formula is C12H11Cl2FN2O2S2. The molecule has 0 radical (unpaired) electrons. The summed E-state index contributed by atoms with van der Waals surface area (Å²) in [6, 6.07) is 5.45. The molecule has 2 rings (SSSR count). The lowest BCUT2D eigenvalue weighted by atomic mass is 10.3. The normalized spacial score (nSPS) is 11.8. The van der Waals surface area contributed by atoms with Crippen LogP contribution in [0, 0.1) is 5.82 Å². The number of halogens is 3. The number of benzene rings is 1. The van der Waals surface area contributed by atoms with Gasteiger partial charge in [-0.15, -0.1) is 11.3 Å². The Balaban J connectivity index is 2.10.